The molecule has 0 fully saturated rings. The van der Waals surface area contributed by atoms with E-state index in [1.54, 1.807) is 4.06 Å². The van der Waals surface area contributed by atoms with Crippen LogP contribution in [0, 0.1) is 0 Å². The van der Waals surface area contributed by atoms with Crippen LogP contribution >= 0.6 is 0 Å². The lowest BCUT2D eigenvalue weighted by Gasteiger charge is -2.20. The molecule has 0 radical (unpaired) electrons. The molecule has 0 aliphatic carbocycles. The van der Waals surface area contributed by atoms with Gasteiger partial charge in [0.15, 0.2) is 0 Å². The minimum atomic E-state index is -0.956. The first-order valence-electron chi connectivity index (χ1n) is 3.55. The lowest BCUT2D eigenvalue weighted by molar-refractivity contribution is 1.72. The fourth-order valence-electron chi connectivity index (χ4n) is 0.866. The summed E-state index contributed by atoms with van der Waals surface area (Å²) in [6.45, 7) is 11.3. The van der Waals surface area contributed by atoms with Crippen LogP contribution in [0.25, 0.3) is 0 Å². The molecule has 0 rings (SSSR count). The Kier molecular flexibility index (Phi) is 3.22. The third kappa shape index (κ3) is 3.25. The zero-order valence-electron chi connectivity index (χ0n) is 7.28. The fourth-order valence-corrected chi connectivity index (χ4v) is 7.79. The van der Waals surface area contributed by atoms with E-state index in [4.69, 9.17) is 0 Å². The monoisotopic (exact) mass is 156 g/mol. The van der Waals surface area contributed by atoms with Crippen LogP contribution < -0.4 is 0 Å². The first kappa shape index (κ1) is 9.49. The second-order valence-electron chi connectivity index (χ2n) is 3.93. The van der Waals surface area contributed by atoms with Crippen LogP contribution in [0.1, 0.15) is 0 Å². The molecule has 0 bridgehead atoms. The lowest BCUT2D eigenvalue weighted by atomic mass is 11.2. The van der Waals surface area contributed by atoms with E-state index in [1.807, 2.05) is 0 Å². The molecule has 0 aromatic carbocycles. The molecule has 0 saturated carbocycles. The summed E-state index contributed by atoms with van der Waals surface area (Å²) in [4.78, 5) is 0. The van der Waals surface area contributed by atoms with Gasteiger partial charge >= 0.3 is 0 Å². The molecular formula is C7H17AlSi. The van der Waals surface area contributed by atoms with Crippen molar-refractivity contribution in [2.75, 3.05) is 0 Å². The van der Waals surface area contributed by atoms with E-state index in [1.165, 1.54) is 0 Å². The Hall–Kier alpha value is 0.489. The summed E-state index contributed by atoms with van der Waals surface area (Å²) in [6, 6.07) is 0. The predicted octanol–water partition coefficient (Wildman–Crippen LogP) is 2.71. The highest BCUT2D eigenvalue weighted by Crippen LogP contribution is 2.14. The first-order valence-corrected chi connectivity index (χ1v) is 9.93. The van der Waals surface area contributed by atoms with E-state index in [-0.39, 0.29) is 0 Å². The van der Waals surface area contributed by atoms with Gasteiger partial charge in [-0.25, -0.2) is 0 Å². The molecule has 0 nitrogen and oxygen atoms in total. The van der Waals surface area contributed by atoms with E-state index in [2.05, 4.69) is 37.8 Å². The van der Waals surface area contributed by atoms with Gasteiger partial charge in [-0.05, 0) is 0 Å². The van der Waals surface area contributed by atoms with Gasteiger partial charge in [-0.2, -0.15) is 0 Å². The highest BCUT2D eigenvalue weighted by molar-refractivity contribution is 6.97. The molecule has 0 unspecified atom stereocenters. The molecule has 0 spiro atoms. The molecule has 0 atom stereocenters. The van der Waals surface area contributed by atoms with E-state index in [0.29, 0.717) is 0 Å². The van der Waals surface area contributed by atoms with Crippen LogP contribution in [0.3, 0.4) is 0 Å². The Labute approximate surface area is 64.4 Å². The standard InChI is InChI=1S/C5H11Si.2CH3.Al/c1-5-6(2,3)4;;;/h1H2,2-4H3;2*1H3;. The third-order valence-electron chi connectivity index (χ3n) is 1.66. The second-order valence-corrected chi connectivity index (χ2v) is 12.7. The molecule has 0 aromatic rings. The van der Waals surface area contributed by atoms with Gasteiger partial charge in [0.05, 0.1) is 8.07 Å². The van der Waals surface area contributed by atoms with Gasteiger partial charge in [-0.15, -0.1) is 22.2 Å². The van der Waals surface area contributed by atoms with Crippen LogP contribution in [0.4, 0.5) is 0 Å². The van der Waals surface area contributed by atoms with E-state index < -0.39 is 22.2 Å². The highest BCUT2D eigenvalue weighted by atomic mass is 28.3. The van der Waals surface area contributed by atoms with Crippen LogP contribution in [0.2, 0.25) is 31.2 Å². The van der Waals surface area contributed by atoms with Crippen LogP contribution in [0.15, 0.2) is 10.6 Å². The van der Waals surface area contributed by atoms with Crippen LogP contribution in [-0.2, 0) is 0 Å². The van der Waals surface area contributed by atoms with Gasteiger partial charge < -0.3 is 0 Å². The number of hydrogen-bond acceptors (Lipinski definition) is 0. The van der Waals surface area contributed by atoms with Crippen molar-refractivity contribution in [1.29, 1.82) is 0 Å². The summed E-state index contributed by atoms with van der Waals surface area (Å²) in [7, 11) is -0.956. The first-order chi connectivity index (χ1) is 3.85. The maximum atomic E-state index is 4.15. The molecule has 0 aliphatic rings. The van der Waals surface area contributed by atoms with Crippen molar-refractivity contribution in [1.82, 2.24) is 0 Å². The smallest absolute Gasteiger partial charge is 0.147 e. The van der Waals surface area contributed by atoms with E-state index >= 15 is 0 Å². The predicted molar refractivity (Wildman–Crippen MR) is 50.0 cm³/mol. The summed E-state index contributed by atoms with van der Waals surface area (Å²) in [5, 5.41) is 0. The summed E-state index contributed by atoms with van der Waals surface area (Å²) < 4.78 is 1.61. The molecular weight excluding hydrogens is 139 g/mol. The summed E-state index contributed by atoms with van der Waals surface area (Å²) >= 11 is -0.522. The minimum Gasteiger partial charge on any atom is -0.147 e. The largest absolute Gasteiger partial charge is 0.286 e. The van der Waals surface area contributed by atoms with Gasteiger partial charge in [0.1, 0.15) is 0 Å². The van der Waals surface area contributed by atoms with Crippen molar-refractivity contribution in [3.05, 3.63) is 10.6 Å². The molecule has 0 N–H and O–H groups in total. The van der Waals surface area contributed by atoms with Gasteiger partial charge in [0.2, 0.25) is 0 Å². The van der Waals surface area contributed by atoms with E-state index in [0.717, 1.165) is 0 Å². The fraction of sp³-hybridized carbons (Fsp3) is 0.714. The number of rotatable bonds is 2. The van der Waals surface area contributed by atoms with Gasteiger partial charge in [0, 0.05) is 0 Å². The molecule has 0 heterocycles. The quantitative estimate of drug-likeness (QED) is 0.539. The molecule has 0 aliphatic heterocycles. The zero-order valence-corrected chi connectivity index (χ0v) is 9.44. The average Bonchev–Trinajstić information content (AvgIpc) is 1.62. The minimum absolute atomic E-state index is 0.522. The molecule has 2 heteroatoms. The second kappa shape index (κ2) is 3.05. The topological polar surface area (TPSA) is 0 Å². The maximum absolute atomic E-state index is 4.15. The highest BCUT2D eigenvalue weighted by Gasteiger charge is 2.21. The Morgan fingerprint density at radius 2 is 1.56 bits per heavy atom. The van der Waals surface area contributed by atoms with Crippen LogP contribution in [-0.4, -0.2) is 22.2 Å². The SMILES string of the molecule is C=[C]([Al]([CH3])[CH3])[Si](C)(C)C. The summed E-state index contributed by atoms with van der Waals surface area (Å²) in [5.74, 6) is 4.72. The normalized spacial score (nSPS) is 11.2. The molecule has 0 saturated heterocycles. The van der Waals surface area contributed by atoms with Crippen molar-refractivity contribution < 1.29 is 0 Å². The zero-order chi connectivity index (χ0) is 7.65. The molecule has 52 valence electrons. The maximum Gasteiger partial charge on any atom is 0.286 e. The van der Waals surface area contributed by atoms with Gasteiger partial charge in [-0.3, -0.25) is 0 Å². The molecule has 0 amide bonds. The van der Waals surface area contributed by atoms with E-state index in [9.17, 15) is 0 Å². The Morgan fingerprint density at radius 3 is 1.56 bits per heavy atom. The van der Waals surface area contributed by atoms with Crippen molar-refractivity contribution >= 4 is 22.2 Å². The third-order valence-corrected chi connectivity index (χ3v) is 9.31. The summed E-state index contributed by atoms with van der Waals surface area (Å²) in [5.41, 5.74) is 0. The van der Waals surface area contributed by atoms with Crippen molar-refractivity contribution in [3.8, 4) is 0 Å². The summed E-state index contributed by atoms with van der Waals surface area (Å²) in [6.07, 6.45) is 0. The van der Waals surface area contributed by atoms with Gasteiger partial charge in [0.25, 0.3) is 14.1 Å². The van der Waals surface area contributed by atoms with Crippen molar-refractivity contribution in [3.63, 3.8) is 0 Å². The Balaban J connectivity index is 4.06. The average molecular weight is 156 g/mol. The van der Waals surface area contributed by atoms with Gasteiger partial charge in [-0.1, -0.05) is 19.6 Å². The molecule has 9 heavy (non-hydrogen) atoms. The van der Waals surface area contributed by atoms with Crippen LogP contribution in [0.5, 0.6) is 0 Å². The number of hydrogen-bond donors (Lipinski definition) is 0. The lowest BCUT2D eigenvalue weighted by Crippen LogP contribution is -2.30. The Morgan fingerprint density at radius 1 is 1.22 bits per heavy atom. The van der Waals surface area contributed by atoms with Crippen molar-refractivity contribution in [2.24, 2.45) is 0 Å². The molecule has 0 aromatic heterocycles. The van der Waals surface area contributed by atoms with Crippen molar-refractivity contribution in [2.45, 2.75) is 31.2 Å². The Bertz CT molecular complexity index is 111.